The highest BCUT2D eigenvalue weighted by Gasteiger charge is 2.50. The van der Waals surface area contributed by atoms with E-state index in [2.05, 4.69) is 10.7 Å². The van der Waals surface area contributed by atoms with Gasteiger partial charge in [0.05, 0.1) is 23.3 Å². The molecule has 1 aliphatic heterocycles. The van der Waals surface area contributed by atoms with Gasteiger partial charge in [0, 0.05) is 13.1 Å². The summed E-state index contributed by atoms with van der Waals surface area (Å²) in [7, 11) is 1.41. The van der Waals surface area contributed by atoms with Crippen molar-refractivity contribution in [1.82, 2.24) is 9.13 Å². The molecule has 1 aromatic carbocycles. The summed E-state index contributed by atoms with van der Waals surface area (Å²) in [5, 5.41) is 1.77. The molecule has 29 heavy (non-hydrogen) atoms. The SMILES string of the molecule is C#CCN1C(=O)C(F)(F)Oc2cc(F)c(-n3c(=O)c4ccsc4n(C)c3=O)cc21. The number of fused-ring (bicyclic) bond motifs is 2. The molecule has 1 amide bonds. The minimum atomic E-state index is -4.24. The van der Waals surface area contributed by atoms with Crippen molar-refractivity contribution in [2.24, 2.45) is 7.05 Å². The van der Waals surface area contributed by atoms with Gasteiger partial charge in [-0.25, -0.2) is 13.8 Å². The normalized spacial score (nSPS) is 15.1. The smallest absolute Gasteiger partial charge is 0.423 e. The van der Waals surface area contributed by atoms with E-state index in [1.807, 2.05) is 0 Å². The van der Waals surface area contributed by atoms with Crippen molar-refractivity contribution < 1.29 is 22.7 Å². The van der Waals surface area contributed by atoms with Gasteiger partial charge in [-0.15, -0.1) is 17.8 Å². The number of nitrogens with zero attached hydrogens (tertiary/aromatic N) is 3. The van der Waals surface area contributed by atoms with E-state index in [1.54, 1.807) is 5.38 Å². The lowest BCUT2D eigenvalue weighted by Gasteiger charge is -2.32. The molecule has 1 aliphatic rings. The van der Waals surface area contributed by atoms with Crippen molar-refractivity contribution in [3.8, 4) is 23.8 Å². The number of rotatable bonds is 2. The number of benzene rings is 1. The lowest BCUT2D eigenvalue weighted by atomic mass is 10.2. The van der Waals surface area contributed by atoms with Crippen LogP contribution in [0.25, 0.3) is 15.9 Å². The van der Waals surface area contributed by atoms with Crippen LogP contribution in [0.4, 0.5) is 18.9 Å². The van der Waals surface area contributed by atoms with Crippen LogP contribution in [-0.4, -0.2) is 27.7 Å². The summed E-state index contributed by atoms with van der Waals surface area (Å²) in [5.74, 6) is -1.49. The monoisotopic (exact) mass is 421 g/mol. The summed E-state index contributed by atoms with van der Waals surface area (Å²) >= 11 is 1.16. The Kier molecular flexibility index (Phi) is 4.06. The minimum Gasteiger partial charge on any atom is -0.423 e. The van der Waals surface area contributed by atoms with E-state index in [4.69, 9.17) is 6.42 Å². The Morgan fingerprint density at radius 2 is 1.97 bits per heavy atom. The number of anilines is 1. The number of aromatic nitrogens is 2. The molecule has 148 valence electrons. The number of carbonyl (C=O) groups is 1. The minimum absolute atomic E-state index is 0.175. The van der Waals surface area contributed by atoms with E-state index in [0.717, 1.165) is 22.0 Å². The fourth-order valence-corrected chi connectivity index (χ4v) is 3.93. The van der Waals surface area contributed by atoms with Crippen LogP contribution in [-0.2, 0) is 11.8 Å². The highest BCUT2D eigenvalue weighted by atomic mass is 32.1. The Morgan fingerprint density at radius 3 is 2.66 bits per heavy atom. The Bertz CT molecular complexity index is 1350. The third-order valence-corrected chi connectivity index (χ3v) is 5.39. The second-order valence-corrected chi connectivity index (χ2v) is 7.00. The Morgan fingerprint density at radius 1 is 1.24 bits per heavy atom. The third kappa shape index (κ3) is 2.64. The van der Waals surface area contributed by atoms with Gasteiger partial charge in [-0.1, -0.05) is 5.92 Å². The van der Waals surface area contributed by atoms with Crippen LogP contribution in [0.1, 0.15) is 0 Å². The zero-order chi connectivity index (χ0) is 21.1. The zero-order valence-corrected chi connectivity index (χ0v) is 15.4. The van der Waals surface area contributed by atoms with Crippen LogP contribution in [0.5, 0.6) is 5.75 Å². The second kappa shape index (κ2) is 6.25. The maximum absolute atomic E-state index is 14.8. The van der Waals surface area contributed by atoms with Crippen molar-refractivity contribution in [3.63, 3.8) is 0 Å². The van der Waals surface area contributed by atoms with Gasteiger partial charge in [-0.2, -0.15) is 8.78 Å². The first-order valence-corrected chi connectivity index (χ1v) is 8.90. The van der Waals surface area contributed by atoms with Gasteiger partial charge in [0.1, 0.15) is 4.83 Å². The molecule has 3 aromatic rings. The van der Waals surface area contributed by atoms with Crippen LogP contribution in [0, 0.1) is 18.2 Å². The van der Waals surface area contributed by atoms with Crippen molar-refractivity contribution in [2.45, 2.75) is 6.11 Å². The maximum Gasteiger partial charge on any atom is 0.483 e. The molecule has 0 fully saturated rings. The number of alkyl halides is 2. The van der Waals surface area contributed by atoms with Gasteiger partial charge < -0.3 is 4.74 Å². The van der Waals surface area contributed by atoms with Crippen LogP contribution in [0.3, 0.4) is 0 Å². The molecular formula is C18H10F3N3O4S. The Labute approximate surface area is 164 Å². The number of hydrogen-bond donors (Lipinski definition) is 0. The van der Waals surface area contributed by atoms with Gasteiger partial charge in [0.25, 0.3) is 5.56 Å². The Balaban J connectivity index is 2.03. The summed E-state index contributed by atoms with van der Waals surface area (Å²) < 4.78 is 48.4. The van der Waals surface area contributed by atoms with Crippen LogP contribution < -0.4 is 20.9 Å². The van der Waals surface area contributed by atoms with E-state index in [-0.39, 0.29) is 11.1 Å². The van der Waals surface area contributed by atoms with Gasteiger partial charge in [-0.3, -0.25) is 19.1 Å². The van der Waals surface area contributed by atoms with E-state index in [9.17, 15) is 27.6 Å². The van der Waals surface area contributed by atoms with E-state index >= 15 is 0 Å². The molecule has 0 bridgehead atoms. The number of hydrogen-bond acceptors (Lipinski definition) is 5. The lowest BCUT2D eigenvalue weighted by molar-refractivity contribution is -0.192. The van der Waals surface area contributed by atoms with Gasteiger partial charge in [0.15, 0.2) is 11.6 Å². The zero-order valence-electron chi connectivity index (χ0n) is 14.6. The summed E-state index contributed by atoms with van der Waals surface area (Å²) in [5.41, 5.74) is -2.44. The summed E-state index contributed by atoms with van der Waals surface area (Å²) in [6.07, 6.45) is 0.918. The molecule has 2 aromatic heterocycles. The summed E-state index contributed by atoms with van der Waals surface area (Å²) in [6.45, 7) is -0.549. The predicted octanol–water partition coefficient (Wildman–Crippen LogP) is 1.84. The average molecular weight is 421 g/mol. The third-order valence-electron chi connectivity index (χ3n) is 4.40. The van der Waals surface area contributed by atoms with Crippen molar-refractivity contribution >= 4 is 33.1 Å². The van der Waals surface area contributed by atoms with Crippen LogP contribution >= 0.6 is 11.3 Å². The number of amides is 1. The molecule has 0 saturated carbocycles. The summed E-state index contributed by atoms with van der Waals surface area (Å²) in [6, 6.07) is 2.97. The van der Waals surface area contributed by atoms with Crippen molar-refractivity contribution in [1.29, 1.82) is 0 Å². The van der Waals surface area contributed by atoms with Crippen LogP contribution in [0.2, 0.25) is 0 Å². The average Bonchev–Trinajstić information content (AvgIpc) is 3.15. The standard InChI is InChI=1S/C18H10F3N3O4S/c1-3-5-23-12-8-11(10(19)7-13(12)28-18(20,21)16(23)26)24-14(25)9-4-6-29-15(9)22(2)17(24)27/h1,4,6-8H,5H2,2H3. The second-order valence-electron chi connectivity index (χ2n) is 6.11. The molecule has 11 heteroatoms. The predicted molar refractivity (Wildman–Crippen MR) is 99.4 cm³/mol. The number of halogens is 3. The van der Waals surface area contributed by atoms with Gasteiger partial charge >= 0.3 is 17.7 Å². The first kappa shape index (κ1) is 18.8. The fraction of sp³-hybridized carbons (Fsp3) is 0.167. The number of terminal acetylenes is 1. The highest BCUT2D eigenvalue weighted by molar-refractivity contribution is 7.16. The fourth-order valence-electron chi connectivity index (χ4n) is 3.07. The largest absolute Gasteiger partial charge is 0.483 e. The first-order valence-electron chi connectivity index (χ1n) is 8.03. The van der Waals surface area contributed by atoms with E-state index in [1.165, 1.54) is 13.1 Å². The molecule has 4 rings (SSSR count). The molecule has 0 unspecified atom stereocenters. The topological polar surface area (TPSA) is 73.5 Å². The lowest BCUT2D eigenvalue weighted by Crippen LogP contribution is -2.51. The van der Waals surface area contributed by atoms with Crippen molar-refractivity contribution in [3.05, 3.63) is 50.2 Å². The highest BCUT2D eigenvalue weighted by Crippen LogP contribution is 2.41. The number of carbonyl (C=O) groups excluding carboxylic acids is 1. The van der Waals surface area contributed by atoms with E-state index < -0.39 is 47.1 Å². The molecular weight excluding hydrogens is 411 g/mol. The number of ether oxygens (including phenoxy) is 1. The molecule has 0 aliphatic carbocycles. The van der Waals surface area contributed by atoms with E-state index in [0.29, 0.717) is 20.4 Å². The number of aryl methyl sites for hydroxylation is 1. The first-order chi connectivity index (χ1) is 13.7. The maximum atomic E-state index is 14.8. The molecule has 0 saturated heterocycles. The van der Waals surface area contributed by atoms with Gasteiger partial charge in [-0.05, 0) is 17.5 Å². The van der Waals surface area contributed by atoms with Crippen molar-refractivity contribution in [2.75, 3.05) is 11.4 Å². The van der Waals surface area contributed by atoms with Gasteiger partial charge in [0.2, 0.25) is 0 Å². The van der Waals surface area contributed by atoms with Crippen LogP contribution in [0.15, 0.2) is 33.2 Å². The quantitative estimate of drug-likeness (QED) is 0.592. The Hall–Kier alpha value is -3.52. The molecule has 0 N–H and O–H groups in total. The molecule has 0 spiro atoms. The number of thiophene rings is 1. The molecule has 0 radical (unpaired) electrons. The molecule has 7 nitrogen and oxygen atoms in total. The molecule has 0 atom stereocenters. The summed E-state index contributed by atoms with van der Waals surface area (Å²) in [4.78, 5) is 38.4. The molecule has 3 heterocycles.